The van der Waals surface area contributed by atoms with Crippen LogP contribution in [0.1, 0.15) is 65.2 Å². The van der Waals surface area contributed by atoms with Crippen molar-refractivity contribution in [2.45, 2.75) is 65.2 Å². The number of carbonyl (C=O) groups excluding carboxylic acids is 1. The maximum Gasteiger partial charge on any atom is 0.308 e. The maximum atomic E-state index is 11.2. The van der Waals surface area contributed by atoms with E-state index in [1.165, 1.54) is 19.3 Å². The second kappa shape index (κ2) is 13.5. The van der Waals surface area contributed by atoms with Crippen LogP contribution in [0.15, 0.2) is 0 Å². The van der Waals surface area contributed by atoms with Crippen molar-refractivity contribution >= 4 is 5.97 Å². The molecule has 0 spiro atoms. The van der Waals surface area contributed by atoms with Crippen LogP contribution < -0.4 is 0 Å². The first-order chi connectivity index (χ1) is 8.31. The van der Waals surface area contributed by atoms with E-state index in [1.807, 2.05) is 0 Å². The van der Waals surface area contributed by atoms with Crippen LogP contribution in [0, 0.1) is 0 Å². The average molecular weight is 244 g/mol. The zero-order chi connectivity index (χ0) is 12.8. The number of hydrogen-bond acceptors (Lipinski definition) is 3. The van der Waals surface area contributed by atoms with Gasteiger partial charge >= 0.3 is 5.97 Å². The fourth-order valence-corrected chi connectivity index (χ4v) is 1.50. The zero-order valence-electron chi connectivity index (χ0n) is 11.5. The summed E-state index contributed by atoms with van der Waals surface area (Å²) in [7, 11) is 0. The van der Waals surface area contributed by atoms with E-state index in [4.69, 9.17) is 9.47 Å². The number of ether oxygens (including phenoxy) is 2. The first-order valence-corrected chi connectivity index (χ1v) is 7.04. The fraction of sp³-hybridized carbons (Fsp3) is 0.929. The Hall–Kier alpha value is -0.570. The molecule has 0 amide bonds. The van der Waals surface area contributed by atoms with E-state index in [0.717, 1.165) is 32.3 Å². The summed E-state index contributed by atoms with van der Waals surface area (Å²) >= 11 is 0. The molecule has 0 heterocycles. The second-order valence-corrected chi connectivity index (χ2v) is 4.35. The molecule has 0 aromatic heterocycles. The molecule has 0 saturated heterocycles. The van der Waals surface area contributed by atoms with Gasteiger partial charge in [-0.3, -0.25) is 4.79 Å². The number of carbonyl (C=O) groups is 1. The third-order valence-corrected chi connectivity index (χ3v) is 2.60. The molecule has 0 bridgehead atoms. The van der Waals surface area contributed by atoms with Gasteiger partial charge in [-0.1, -0.05) is 46.0 Å². The van der Waals surface area contributed by atoms with E-state index in [2.05, 4.69) is 13.8 Å². The summed E-state index contributed by atoms with van der Waals surface area (Å²) in [5.74, 6) is -0.130. The summed E-state index contributed by atoms with van der Waals surface area (Å²) in [4.78, 5) is 11.2. The van der Waals surface area contributed by atoms with Crippen LogP contribution in [0.5, 0.6) is 0 Å². The van der Waals surface area contributed by atoms with Crippen LogP contribution in [0.4, 0.5) is 0 Å². The number of unbranched alkanes of at least 4 members (excludes halogenated alkanes) is 5. The lowest BCUT2D eigenvalue weighted by molar-refractivity contribution is -0.145. The van der Waals surface area contributed by atoms with Gasteiger partial charge in [0.05, 0.1) is 19.6 Å². The quantitative estimate of drug-likeness (QED) is 0.388. The molecule has 0 N–H and O–H groups in total. The summed E-state index contributed by atoms with van der Waals surface area (Å²) in [6.45, 7) is 6.15. The zero-order valence-corrected chi connectivity index (χ0v) is 11.5. The van der Waals surface area contributed by atoms with Gasteiger partial charge < -0.3 is 9.47 Å². The van der Waals surface area contributed by atoms with Gasteiger partial charge in [0.25, 0.3) is 0 Å². The van der Waals surface area contributed by atoms with Crippen LogP contribution in [-0.2, 0) is 14.3 Å². The Morgan fingerprint density at radius 3 is 2.18 bits per heavy atom. The first-order valence-electron chi connectivity index (χ1n) is 7.04. The summed E-state index contributed by atoms with van der Waals surface area (Å²) in [6, 6.07) is 0. The van der Waals surface area contributed by atoms with Crippen molar-refractivity contribution in [3.63, 3.8) is 0 Å². The van der Waals surface area contributed by atoms with Crippen molar-refractivity contribution < 1.29 is 14.3 Å². The fourth-order valence-electron chi connectivity index (χ4n) is 1.50. The van der Waals surface area contributed by atoms with Crippen molar-refractivity contribution in [1.29, 1.82) is 0 Å². The Morgan fingerprint density at radius 1 is 0.824 bits per heavy atom. The second-order valence-electron chi connectivity index (χ2n) is 4.35. The minimum Gasteiger partial charge on any atom is -0.466 e. The highest BCUT2D eigenvalue weighted by Gasteiger charge is 2.01. The number of rotatable bonds is 12. The molecule has 3 heteroatoms. The Bertz CT molecular complexity index is 169. The van der Waals surface area contributed by atoms with E-state index < -0.39 is 0 Å². The lowest BCUT2D eigenvalue weighted by Gasteiger charge is -2.05. The minimum absolute atomic E-state index is 0.130. The first kappa shape index (κ1) is 16.4. The van der Waals surface area contributed by atoms with Crippen molar-refractivity contribution in [1.82, 2.24) is 0 Å². The molecule has 0 rings (SSSR count). The monoisotopic (exact) mass is 244 g/mol. The Kier molecular flexibility index (Phi) is 13.0. The molecular weight excluding hydrogens is 216 g/mol. The molecule has 0 aliphatic heterocycles. The smallest absolute Gasteiger partial charge is 0.308 e. The van der Waals surface area contributed by atoms with Gasteiger partial charge in [-0.05, 0) is 12.8 Å². The molecule has 3 nitrogen and oxygen atoms in total. The highest BCUT2D eigenvalue weighted by atomic mass is 16.5. The van der Waals surface area contributed by atoms with Crippen molar-refractivity contribution in [2.24, 2.45) is 0 Å². The van der Waals surface area contributed by atoms with Gasteiger partial charge in [0.15, 0.2) is 0 Å². The van der Waals surface area contributed by atoms with E-state index in [-0.39, 0.29) is 5.97 Å². The molecule has 0 atom stereocenters. The van der Waals surface area contributed by atoms with Gasteiger partial charge in [-0.25, -0.2) is 0 Å². The lowest BCUT2D eigenvalue weighted by Crippen LogP contribution is -2.09. The van der Waals surface area contributed by atoms with Crippen molar-refractivity contribution in [3.8, 4) is 0 Å². The van der Waals surface area contributed by atoms with Gasteiger partial charge in [0, 0.05) is 6.61 Å². The largest absolute Gasteiger partial charge is 0.466 e. The van der Waals surface area contributed by atoms with Crippen molar-refractivity contribution in [3.05, 3.63) is 0 Å². The summed E-state index contributed by atoms with van der Waals surface area (Å²) in [6.07, 6.45) is 8.46. The molecule has 0 aliphatic rings. The van der Waals surface area contributed by atoms with Gasteiger partial charge in [0.1, 0.15) is 0 Å². The number of esters is 1. The van der Waals surface area contributed by atoms with Gasteiger partial charge in [0.2, 0.25) is 0 Å². The number of hydrogen-bond donors (Lipinski definition) is 0. The SMILES string of the molecule is CCCCCCOCCC(=O)OCCCCC. The molecule has 0 fully saturated rings. The Labute approximate surface area is 106 Å². The van der Waals surface area contributed by atoms with E-state index >= 15 is 0 Å². The van der Waals surface area contributed by atoms with Crippen molar-refractivity contribution in [2.75, 3.05) is 19.8 Å². The molecule has 17 heavy (non-hydrogen) atoms. The van der Waals surface area contributed by atoms with Crippen LogP contribution in [0.3, 0.4) is 0 Å². The molecule has 102 valence electrons. The highest BCUT2D eigenvalue weighted by Crippen LogP contribution is 2.00. The summed E-state index contributed by atoms with van der Waals surface area (Å²) in [5, 5.41) is 0. The van der Waals surface area contributed by atoms with Crippen LogP contribution >= 0.6 is 0 Å². The van der Waals surface area contributed by atoms with E-state index in [9.17, 15) is 4.79 Å². The molecule has 0 aromatic rings. The molecular formula is C14H28O3. The van der Waals surface area contributed by atoms with E-state index in [0.29, 0.717) is 19.6 Å². The molecule has 0 saturated carbocycles. The standard InChI is InChI=1S/C14H28O3/c1-3-5-7-9-11-16-13-10-14(15)17-12-8-6-4-2/h3-13H2,1-2H3. The average Bonchev–Trinajstić information content (AvgIpc) is 2.33. The minimum atomic E-state index is -0.130. The topological polar surface area (TPSA) is 35.5 Å². The Morgan fingerprint density at radius 2 is 1.47 bits per heavy atom. The predicted molar refractivity (Wildman–Crippen MR) is 70.1 cm³/mol. The normalized spacial score (nSPS) is 10.5. The van der Waals surface area contributed by atoms with Crippen LogP contribution in [0.2, 0.25) is 0 Å². The summed E-state index contributed by atoms with van der Waals surface area (Å²) in [5.41, 5.74) is 0. The lowest BCUT2D eigenvalue weighted by atomic mass is 10.2. The third-order valence-electron chi connectivity index (χ3n) is 2.60. The third kappa shape index (κ3) is 13.4. The maximum absolute atomic E-state index is 11.2. The highest BCUT2D eigenvalue weighted by molar-refractivity contribution is 5.69. The predicted octanol–water partition coefficient (Wildman–Crippen LogP) is 3.71. The van der Waals surface area contributed by atoms with Crippen LogP contribution in [0.25, 0.3) is 0 Å². The molecule has 0 radical (unpaired) electrons. The van der Waals surface area contributed by atoms with Gasteiger partial charge in [-0.15, -0.1) is 0 Å². The molecule has 0 unspecified atom stereocenters. The summed E-state index contributed by atoms with van der Waals surface area (Å²) < 4.78 is 10.4. The van der Waals surface area contributed by atoms with Gasteiger partial charge in [-0.2, -0.15) is 0 Å². The Balaban J connectivity index is 3.11. The van der Waals surface area contributed by atoms with E-state index in [1.54, 1.807) is 0 Å². The molecule has 0 aliphatic carbocycles. The molecule has 0 aromatic carbocycles. The van der Waals surface area contributed by atoms with Crippen LogP contribution in [-0.4, -0.2) is 25.8 Å².